The van der Waals surface area contributed by atoms with Crippen LogP contribution in [0.15, 0.2) is 77.3 Å². The van der Waals surface area contributed by atoms with Crippen LogP contribution in [0, 0.1) is 6.92 Å². The van der Waals surface area contributed by atoms with Crippen molar-refractivity contribution in [3.05, 3.63) is 101 Å². The van der Waals surface area contributed by atoms with Gasteiger partial charge in [0.2, 0.25) is 10.0 Å². The summed E-state index contributed by atoms with van der Waals surface area (Å²) in [7, 11) is -3.48. The highest BCUT2D eigenvalue weighted by Gasteiger charge is 2.42. The molecule has 210 valence electrons. The summed E-state index contributed by atoms with van der Waals surface area (Å²) in [6, 6.07) is 16.8. The van der Waals surface area contributed by atoms with E-state index in [0.29, 0.717) is 33.5 Å². The molecule has 2 aromatic carbocycles. The summed E-state index contributed by atoms with van der Waals surface area (Å²) in [4.78, 5) is 29.6. The molecule has 41 heavy (non-hydrogen) atoms. The Hall–Kier alpha value is -4.75. The van der Waals surface area contributed by atoms with E-state index in [1.54, 1.807) is 49.5 Å². The minimum Gasteiger partial charge on any atom is -0.478 e. The minimum absolute atomic E-state index is 0.187. The van der Waals surface area contributed by atoms with Gasteiger partial charge in [0.15, 0.2) is 5.11 Å². The fourth-order valence-electron chi connectivity index (χ4n) is 4.72. The Labute approximate surface area is 240 Å². The molecule has 11 nitrogen and oxygen atoms in total. The van der Waals surface area contributed by atoms with Crippen LogP contribution in [0.4, 0.5) is 11.4 Å². The second kappa shape index (κ2) is 10.7. The fourth-order valence-corrected chi connectivity index (χ4v) is 5.69. The summed E-state index contributed by atoms with van der Waals surface area (Å²) < 4.78 is 32.3. The van der Waals surface area contributed by atoms with Gasteiger partial charge in [0.05, 0.1) is 34.8 Å². The van der Waals surface area contributed by atoms with Crippen molar-refractivity contribution in [2.24, 2.45) is 0 Å². The number of carboxylic acids is 2. The first-order chi connectivity index (χ1) is 19.4. The van der Waals surface area contributed by atoms with Crippen molar-refractivity contribution in [3.8, 4) is 11.3 Å². The molecular weight excluding hydrogens is 568 g/mol. The fraction of sp³-hybridized carbons (Fsp3) is 0.143. The largest absolute Gasteiger partial charge is 0.478 e. The summed E-state index contributed by atoms with van der Waals surface area (Å²) in [5, 5.41) is 22.7. The predicted octanol–water partition coefficient (Wildman–Crippen LogP) is 4.60. The van der Waals surface area contributed by atoms with Gasteiger partial charge in [0, 0.05) is 17.4 Å². The molecule has 1 saturated heterocycles. The number of hydrogen-bond acceptors (Lipinski definition) is 7. The van der Waals surface area contributed by atoms with Crippen molar-refractivity contribution >= 4 is 50.7 Å². The molecule has 0 amide bonds. The number of aryl methyl sites for hydroxylation is 1. The second-order valence-electron chi connectivity index (χ2n) is 9.48. The molecule has 0 bridgehead atoms. The lowest BCUT2D eigenvalue weighted by atomic mass is 10.0. The maximum atomic E-state index is 11.8. The molecule has 1 aliphatic heterocycles. The molecular formula is C28H24N4O7S2. The van der Waals surface area contributed by atoms with E-state index in [-0.39, 0.29) is 22.5 Å². The Bertz CT molecular complexity index is 1760. The summed E-state index contributed by atoms with van der Waals surface area (Å²) in [6.07, 6.45) is 2.74. The number of sulfonamides is 1. The molecule has 4 N–H and O–H groups in total. The highest BCUT2D eigenvalue weighted by Crippen LogP contribution is 2.43. The van der Waals surface area contributed by atoms with Gasteiger partial charge in [-0.2, -0.15) is 0 Å². The number of rotatable bonds is 8. The summed E-state index contributed by atoms with van der Waals surface area (Å²) in [5.41, 5.74) is 2.37. The Morgan fingerprint density at radius 3 is 2.32 bits per heavy atom. The number of pyridine rings is 1. The molecule has 0 aliphatic carbocycles. The monoisotopic (exact) mass is 592 g/mol. The second-order valence-corrected chi connectivity index (χ2v) is 11.6. The van der Waals surface area contributed by atoms with Gasteiger partial charge in [-0.3, -0.25) is 9.71 Å². The van der Waals surface area contributed by atoms with Crippen molar-refractivity contribution in [3.63, 3.8) is 0 Å². The third kappa shape index (κ3) is 5.76. The van der Waals surface area contributed by atoms with Crippen molar-refractivity contribution in [2.75, 3.05) is 15.9 Å². The third-order valence-electron chi connectivity index (χ3n) is 6.51. The van der Waals surface area contributed by atoms with E-state index in [1.807, 2.05) is 17.0 Å². The molecule has 0 saturated carbocycles. The van der Waals surface area contributed by atoms with Gasteiger partial charge in [0.1, 0.15) is 17.6 Å². The van der Waals surface area contributed by atoms with E-state index < -0.39 is 34.0 Å². The molecule has 4 aromatic rings. The minimum atomic E-state index is -3.48. The van der Waals surface area contributed by atoms with Crippen molar-refractivity contribution in [1.29, 1.82) is 0 Å². The smallest absolute Gasteiger partial charge is 0.335 e. The molecule has 2 unspecified atom stereocenters. The SMILES string of the molecule is Cc1cc(N2C(=S)NC(c3ccccn3)C2c2ccc(-c3cc(C(=O)O)cc(C(=O)O)c3)o2)ccc1NS(C)(=O)=O. The zero-order chi connectivity index (χ0) is 29.5. The van der Waals surface area contributed by atoms with Crippen LogP contribution in [0.25, 0.3) is 11.3 Å². The van der Waals surface area contributed by atoms with Crippen LogP contribution in [0.2, 0.25) is 0 Å². The van der Waals surface area contributed by atoms with Crippen molar-refractivity contribution in [1.82, 2.24) is 10.3 Å². The number of thiocarbonyl (C=S) groups is 1. The first kappa shape index (κ1) is 27.8. The first-order valence-electron chi connectivity index (χ1n) is 12.2. The molecule has 13 heteroatoms. The zero-order valence-electron chi connectivity index (χ0n) is 21.7. The number of aromatic nitrogens is 1. The maximum absolute atomic E-state index is 11.8. The van der Waals surface area contributed by atoms with E-state index in [1.165, 1.54) is 12.1 Å². The normalized spacial score (nSPS) is 16.8. The van der Waals surface area contributed by atoms with Crippen LogP contribution in [0.3, 0.4) is 0 Å². The van der Waals surface area contributed by atoms with Gasteiger partial charge in [0.25, 0.3) is 0 Å². The van der Waals surface area contributed by atoms with Gasteiger partial charge in [-0.05, 0) is 85.4 Å². The number of aromatic carboxylic acids is 2. The highest BCUT2D eigenvalue weighted by molar-refractivity contribution is 7.92. The predicted molar refractivity (Wildman–Crippen MR) is 156 cm³/mol. The third-order valence-corrected chi connectivity index (χ3v) is 7.42. The number of benzene rings is 2. The van der Waals surface area contributed by atoms with E-state index in [2.05, 4.69) is 15.0 Å². The molecule has 0 spiro atoms. The maximum Gasteiger partial charge on any atom is 0.335 e. The number of carbonyl (C=O) groups is 2. The van der Waals surface area contributed by atoms with Crippen molar-refractivity contribution in [2.45, 2.75) is 19.0 Å². The van der Waals surface area contributed by atoms with Crippen LogP contribution in [0.1, 0.15) is 49.8 Å². The van der Waals surface area contributed by atoms with E-state index >= 15 is 0 Å². The number of hydrogen-bond donors (Lipinski definition) is 4. The quantitative estimate of drug-likeness (QED) is 0.212. The lowest BCUT2D eigenvalue weighted by molar-refractivity contribution is 0.0696. The summed E-state index contributed by atoms with van der Waals surface area (Å²) in [5.74, 6) is -1.81. The number of carboxylic acid groups (broad SMARTS) is 2. The van der Waals surface area contributed by atoms with Crippen LogP contribution in [0.5, 0.6) is 0 Å². The molecule has 1 aliphatic rings. The number of anilines is 2. The van der Waals surface area contributed by atoms with E-state index in [9.17, 15) is 28.2 Å². The van der Waals surface area contributed by atoms with Crippen LogP contribution in [-0.4, -0.2) is 46.9 Å². The summed E-state index contributed by atoms with van der Waals surface area (Å²) >= 11 is 5.74. The molecule has 5 rings (SSSR count). The van der Waals surface area contributed by atoms with Crippen LogP contribution < -0.4 is 14.9 Å². The number of nitrogens with zero attached hydrogens (tertiary/aromatic N) is 2. The number of nitrogens with one attached hydrogen (secondary N) is 2. The first-order valence-corrected chi connectivity index (χ1v) is 14.5. The summed E-state index contributed by atoms with van der Waals surface area (Å²) in [6.45, 7) is 1.77. The molecule has 3 heterocycles. The standard InChI is InChI=1S/C28H24N4O7S2/c1-15-11-19(6-7-20(15)31-41(2,37)38)32-25(24(30-28(32)40)21-5-3-4-10-29-21)23-9-8-22(39-23)16-12-17(26(33)34)14-18(13-16)27(35)36/h3-14,24-25,31H,1-2H3,(H,30,40)(H,33,34)(H,35,36). The van der Waals surface area contributed by atoms with Gasteiger partial charge < -0.3 is 24.8 Å². The molecule has 2 aromatic heterocycles. The Kier molecular flexibility index (Phi) is 7.24. The van der Waals surface area contributed by atoms with E-state index in [4.69, 9.17) is 16.6 Å². The van der Waals surface area contributed by atoms with Crippen LogP contribution in [-0.2, 0) is 10.0 Å². The average Bonchev–Trinajstić information content (AvgIpc) is 3.54. The van der Waals surface area contributed by atoms with E-state index in [0.717, 1.165) is 12.3 Å². The lowest BCUT2D eigenvalue weighted by Gasteiger charge is -2.26. The average molecular weight is 593 g/mol. The zero-order valence-corrected chi connectivity index (χ0v) is 23.4. The van der Waals surface area contributed by atoms with Gasteiger partial charge in [-0.25, -0.2) is 18.0 Å². The Balaban J connectivity index is 1.60. The Morgan fingerprint density at radius 2 is 1.73 bits per heavy atom. The number of furan rings is 1. The highest BCUT2D eigenvalue weighted by atomic mass is 32.2. The topological polar surface area (TPSA) is 162 Å². The van der Waals surface area contributed by atoms with Gasteiger partial charge >= 0.3 is 11.9 Å². The molecule has 0 radical (unpaired) electrons. The Morgan fingerprint density at radius 1 is 1.02 bits per heavy atom. The lowest BCUT2D eigenvalue weighted by Crippen LogP contribution is -2.29. The molecule has 2 atom stereocenters. The van der Waals surface area contributed by atoms with Gasteiger partial charge in [-0.15, -0.1) is 0 Å². The van der Waals surface area contributed by atoms with Crippen LogP contribution >= 0.6 is 12.2 Å². The van der Waals surface area contributed by atoms with Crippen molar-refractivity contribution < 1.29 is 32.6 Å². The van der Waals surface area contributed by atoms with Gasteiger partial charge in [-0.1, -0.05) is 6.07 Å². The molecule has 1 fully saturated rings.